The zero-order valence-corrected chi connectivity index (χ0v) is 13.8. The molecule has 3 aromatic rings. The van der Waals surface area contributed by atoms with Crippen molar-refractivity contribution in [1.29, 1.82) is 0 Å². The lowest BCUT2D eigenvalue weighted by molar-refractivity contribution is 0.256. The normalized spacial score (nSPS) is 10.8. The number of aromatic nitrogens is 3. The van der Waals surface area contributed by atoms with E-state index in [1.807, 2.05) is 30.0 Å². The van der Waals surface area contributed by atoms with E-state index in [0.29, 0.717) is 37.0 Å². The van der Waals surface area contributed by atoms with Crippen LogP contribution in [0, 0.1) is 25.1 Å². The van der Waals surface area contributed by atoms with Gasteiger partial charge in [-0.05, 0) is 43.3 Å². The summed E-state index contributed by atoms with van der Waals surface area (Å²) in [5.41, 5.74) is 2.55. The topological polar surface area (TPSA) is 55.1 Å². The minimum Gasteiger partial charge on any atom is -0.419 e. The second-order valence-corrected chi connectivity index (χ2v) is 5.63. The predicted octanol–water partition coefficient (Wildman–Crippen LogP) is 3.21. The molecule has 0 N–H and O–H groups in total. The van der Waals surface area contributed by atoms with E-state index in [1.165, 1.54) is 12.1 Å². The number of terminal acetylenes is 1. The second-order valence-electron chi connectivity index (χ2n) is 5.63. The maximum absolute atomic E-state index is 13.0. The van der Waals surface area contributed by atoms with Gasteiger partial charge in [-0.15, -0.1) is 16.6 Å². The van der Waals surface area contributed by atoms with Crippen LogP contribution in [-0.2, 0) is 13.1 Å². The number of aryl methyl sites for hydroxylation is 1. The zero-order valence-electron chi connectivity index (χ0n) is 13.8. The fourth-order valence-corrected chi connectivity index (χ4v) is 2.43. The van der Waals surface area contributed by atoms with Gasteiger partial charge in [0.2, 0.25) is 11.8 Å². The number of rotatable bonds is 6. The molecule has 5 nitrogen and oxygen atoms in total. The number of pyridine rings is 1. The quantitative estimate of drug-likeness (QED) is 0.647. The van der Waals surface area contributed by atoms with Crippen LogP contribution in [0.2, 0.25) is 0 Å². The van der Waals surface area contributed by atoms with Crippen LogP contribution in [0.1, 0.15) is 17.3 Å². The summed E-state index contributed by atoms with van der Waals surface area (Å²) < 4.78 is 18.7. The Kier molecular flexibility index (Phi) is 5.17. The second kappa shape index (κ2) is 7.69. The average Bonchev–Trinajstić information content (AvgIpc) is 3.04. The summed E-state index contributed by atoms with van der Waals surface area (Å²) in [5.74, 6) is 3.12. The molecule has 0 spiro atoms. The summed E-state index contributed by atoms with van der Waals surface area (Å²) in [5, 5.41) is 8.07. The van der Waals surface area contributed by atoms with Crippen molar-refractivity contribution in [2.75, 3.05) is 6.54 Å². The van der Waals surface area contributed by atoms with Crippen LogP contribution in [-0.4, -0.2) is 26.6 Å². The Morgan fingerprint density at radius 3 is 2.64 bits per heavy atom. The van der Waals surface area contributed by atoms with Gasteiger partial charge in [-0.2, -0.15) is 0 Å². The summed E-state index contributed by atoms with van der Waals surface area (Å²) in [7, 11) is 0. The molecule has 126 valence electrons. The smallest absolute Gasteiger partial charge is 0.247 e. The summed E-state index contributed by atoms with van der Waals surface area (Å²) in [6.07, 6.45) is 5.46. The minimum absolute atomic E-state index is 0.311. The summed E-state index contributed by atoms with van der Waals surface area (Å²) in [6.45, 7) is 3.38. The summed E-state index contributed by atoms with van der Waals surface area (Å²) >= 11 is 0. The molecule has 0 aliphatic rings. The molecule has 0 amide bonds. The average molecular weight is 336 g/mol. The molecule has 0 fully saturated rings. The van der Waals surface area contributed by atoms with Crippen molar-refractivity contribution < 1.29 is 8.81 Å². The third kappa shape index (κ3) is 4.49. The zero-order chi connectivity index (χ0) is 17.6. The molecule has 3 rings (SSSR count). The van der Waals surface area contributed by atoms with E-state index in [-0.39, 0.29) is 5.82 Å². The Balaban J connectivity index is 1.72. The molecule has 0 aliphatic carbocycles. The standard InChI is InChI=1S/C19H17FN4O/c1-3-11-24(12-17-6-4-5-14(2)21-17)13-18-22-23-19(25-18)15-7-9-16(20)10-8-15/h1,4-10H,11-13H2,2H3. The first-order valence-corrected chi connectivity index (χ1v) is 7.81. The number of halogens is 1. The molecular formula is C19H17FN4O. The van der Waals surface area contributed by atoms with Crippen LogP contribution in [0.25, 0.3) is 11.5 Å². The first-order valence-electron chi connectivity index (χ1n) is 7.81. The van der Waals surface area contributed by atoms with Gasteiger partial charge < -0.3 is 4.42 Å². The Bertz CT molecular complexity index is 883. The minimum atomic E-state index is -0.311. The Labute approximate surface area is 145 Å². The van der Waals surface area contributed by atoms with Gasteiger partial charge in [0.1, 0.15) is 5.82 Å². The lowest BCUT2D eigenvalue weighted by Gasteiger charge is -2.17. The first-order chi connectivity index (χ1) is 12.1. The highest BCUT2D eigenvalue weighted by molar-refractivity contribution is 5.51. The molecule has 0 saturated heterocycles. The number of hydrogen-bond donors (Lipinski definition) is 0. The molecule has 0 bridgehead atoms. The molecule has 0 radical (unpaired) electrons. The Hall–Kier alpha value is -3.04. The van der Waals surface area contributed by atoms with Crippen LogP contribution in [0.4, 0.5) is 4.39 Å². The van der Waals surface area contributed by atoms with Crippen molar-refractivity contribution in [3.63, 3.8) is 0 Å². The third-order valence-electron chi connectivity index (χ3n) is 3.56. The molecule has 0 atom stereocenters. The highest BCUT2D eigenvalue weighted by atomic mass is 19.1. The summed E-state index contributed by atoms with van der Waals surface area (Å²) in [4.78, 5) is 6.48. The fraction of sp³-hybridized carbons (Fsp3) is 0.211. The van der Waals surface area contributed by atoms with E-state index in [0.717, 1.165) is 11.4 Å². The van der Waals surface area contributed by atoms with E-state index in [2.05, 4.69) is 21.1 Å². The van der Waals surface area contributed by atoms with E-state index in [1.54, 1.807) is 12.1 Å². The van der Waals surface area contributed by atoms with Gasteiger partial charge in [-0.1, -0.05) is 12.0 Å². The van der Waals surface area contributed by atoms with E-state index in [4.69, 9.17) is 10.8 Å². The predicted molar refractivity (Wildman–Crippen MR) is 91.6 cm³/mol. The monoisotopic (exact) mass is 336 g/mol. The van der Waals surface area contributed by atoms with E-state index < -0.39 is 0 Å². The van der Waals surface area contributed by atoms with Gasteiger partial charge in [0.25, 0.3) is 0 Å². The Morgan fingerprint density at radius 1 is 1.12 bits per heavy atom. The molecule has 0 unspecified atom stereocenters. The van der Waals surface area contributed by atoms with Crippen LogP contribution in [0.5, 0.6) is 0 Å². The molecule has 6 heteroatoms. The van der Waals surface area contributed by atoms with Crippen molar-refractivity contribution in [1.82, 2.24) is 20.1 Å². The highest BCUT2D eigenvalue weighted by Gasteiger charge is 2.13. The highest BCUT2D eigenvalue weighted by Crippen LogP contribution is 2.19. The van der Waals surface area contributed by atoms with Gasteiger partial charge in [-0.25, -0.2) is 4.39 Å². The number of benzene rings is 1. The Morgan fingerprint density at radius 2 is 1.92 bits per heavy atom. The SMILES string of the molecule is C#CCN(Cc1cccc(C)n1)Cc1nnc(-c2ccc(F)cc2)o1. The van der Waals surface area contributed by atoms with Crippen molar-refractivity contribution in [2.45, 2.75) is 20.0 Å². The molecule has 2 aromatic heterocycles. The maximum atomic E-state index is 13.0. The van der Waals surface area contributed by atoms with Crippen molar-refractivity contribution in [2.24, 2.45) is 0 Å². The van der Waals surface area contributed by atoms with Crippen LogP contribution >= 0.6 is 0 Å². The van der Waals surface area contributed by atoms with Crippen molar-refractivity contribution in [3.8, 4) is 23.8 Å². The van der Waals surface area contributed by atoms with Gasteiger partial charge in [0, 0.05) is 17.8 Å². The largest absolute Gasteiger partial charge is 0.419 e. The van der Waals surface area contributed by atoms with E-state index >= 15 is 0 Å². The number of hydrogen-bond acceptors (Lipinski definition) is 5. The molecule has 25 heavy (non-hydrogen) atoms. The van der Waals surface area contributed by atoms with Crippen LogP contribution < -0.4 is 0 Å². The van der Waals surface area contributed by atoms with Crippen molar-refractivity contribution in [3.05, 3.63) is 65.6 Å². The first kappa shape index (κ1) is 16.8. The number of nitrogens with zero attached hydrogens (tertiary/aromatic N) is 4. The fourth-order valence-electron chi connectivity index (χ4n) is 2.43. The third-order valence-corrected chi connectivity index (χ3v) is 3.56. The maximum Gasteiger partial charge on any atom is 0.247 e. The van der Waals surface area contributed by atoms with E-state index in [9.17, 15) is 4.39 Å². The van der Waals surface area contributed by atoms with Crippen molar-refractivity contribution >= 4 is 0 Å². The summed E-state index contributed by atoms with van der Waals surface area (Å²) in [6, 6.07) is 11.8. The van der Waals surface area contributed by atoms with Gasteiger partial charge in [0.15, 0.2) is 0 Å². The van der Waals surface area contributed by atoms with Crippen LogP contribution in [0.3, 0.4) is 0 Å². The van der Waals surface area contributed by atoms with Crippen LogP contribution in [0.15, 0.2) is 46.9 Å². The lowest BCUT2D eigenvalue weighted by atomic mass is 10.2. The molecular weight excluding hydrogens is 319 g/mol. The van der Waals surface area contributed by atoms with Gasteiger partial charge >= 0.3 is 0 Å². The molecule has 0 saturated carbocycles. The molecule has 2 heterocycles. The molecule has 0 aliphatic heterocycles. The van der Waals surface area contributed by atoms with Gasteiger partial charge in [0.05, 0.1) is 18.8 Å². The molecule has 1 aromatic carbocycles. The lowest BCUT2D eigenvalue weighted by Crippen LogP contribution is -2.24. The van der Waals surface area contributed by atoms with Gasteiger partial charge in [-0.3, -0.25) is 9.88 Å².